The molecular formula is C22H35IN6O2S. The van der Waals surface area contributed by atoms with E-state index in [4.69, 9.17) is 0 Å². The van der Waals surface area contributed by atoms with Gasteiger partial charge in [-0.25, -0.2) is 8.42 Å². The number of hydrogen-bond acceptors (Lipinski definition) is 5. The van der Waals surface area contributed by atoms with Gasteiger partial charge in [0.1, 0.15) is 11.6 Å². The highest BCUT2D eigenvalue weighted by Crippen LogP contribution is 2.15. The molecule has 0 fully saturated rings. The number of fused-ring (bicyclic) bond motifs is 1. The number of rotatable bonds is 9. The minimum Gasteiger partial charge on any atom is -0.357 e. The summed E-state index contributed by atoms with van der Waals surface area (Å²) in [5.41, 5.74) is 1.09. The molecule has 0 atom stereocenters. The first kappa shape index (κ1) is 26.6. The first-order valence-electron chi connectivity index (χ1n) is 11.2. The Morgan fingerprint density at radius 1 is 1.09 bits per heavy atom. The number of benzene rings is 1. The summed E-state index contributed by atoms with van der Waals surface area (Å²) in [6, 6.07) is 7.05. The van der Waals surface area contributed by atoms with Gasteiger partial charge in [0.15, 0.2) is 15.8 Å². The van der Waals surface area contributed by atoms with Crippen molar-refractivity contribution < 1.29 is 8.42 Å². The van der Waals surface area contributed by atoms with Gasteiger partial charge < -0.3 is 15.2 Å². The maximum atomic E-state index is 11.6. The van der Waals surface area contributed by atoms with Crippen molar-refractivity contribution in [3.63, 3.8) is 0 Å². The molecular weight excluding hydrogens is 539 g/mol. The van der Waals surface area contributed by atoms with Crippen LogP contribution < -0.4 is 10.6 Å². The molecule has 2 N–H and O–H groups in total. The third kappa shape index (κ3) is 8.02. The van der Waals surface area contributed by atoms with Crippen LogP contribution >= 0.6 is 24.0 Å². The Morgan fingerprint density at radius 2 is 1.88 bits per heavy atom. The number of aliphatic imine (C=N–C) groups is 1. The van der Waals surface area contributed by atoms with Crippen LogP contribution in [-0.2, 0) is 35.6 Å². The van der Waals surface area contributed by atoms with E-state index in [1.165, 1.54) is 25.5 Å². The molecule has 0 radical (unpaired) electrons. The van der Waals surface area contributed by atoms with Crippen molar-refractivity contribution >= 4 is 39.8 Å². The number of hydrogen-bond donors (Lipinski definition) is 2. The van der Waals surface area contributed by atoms with Crippen molar-refractivity contribution in [2.24, 2.45) is 4.99 Å². The van der Waals surface area contributed by atoms with E-state index in [1.54, 1.807) is 12.1 Å². The summed E-state index contributed by atoms with van der Waals surface area (Å²) in [6.07, 6.45) is 8.57. The molecule has 1 aliphatic rings. The van der Waals surface area contributed by atoms with Crippen LogP contribution in [0.3, 0.4) is 0 Å². The van der Waals surface area contributed by atoms with Gasteiger partial charge in [-0.1, -0.05) is 18.6 Å². The first-order chi connectivity index (χ1) is 15.0. The van der Waals surface area contributed by atoms with Gasteiger partial charge in [-0.05, 0) is 50.3 Å². The lowest BCUT2D eigenvalue weighted by Crippen LogP contribution is -2.38. The van der Waals surface area contributed by atoms with Gasteiger partial charge in [0, 0.05) is 45.3 Å². The minimum atomic E-state index is -3.15. The SMILES string of the molecule is CCNC(=NCCCc1nnc2n1CCCCC2)NCCc1ccc(S(C)(=O)=O)cc1.I. The van der Waals surface area contributed by atoms with Crippen LogP contribution in [0.25, 0.3) is 0 Å². The van der Waals surface area contributed by atoms with E-state index in [1.807, 2.05) is 19.1 Å². The minimum absolute atomic E-state index is 0. The number of nitrogens with one attached hydrogen (secondary N) is 2. The van der Waals surface area contributed by atoms with E-state index in [9.17, 15) is 8.42 Å². The molecule has 0 spiro atoms. The van der Waals surface area contributed by atoms with E-state index in [2.05, 4.69) is 30.4 Å². The highest BCUT2D eigenvalue weighted by Gasteiger charge is 2.14. The molecule has 10 heteroatoms. The lowest BCUT2D eigenvalue weighted by Gasteiger charge is -2.11. The van der Waals surface area contributed by atoms with Gasteiger partial charge in [0.2, 0.25) is 0 Å². The van der Waals surface area contributed by atoms with Gasteiger partial charge in [-0.3, -0.25) is 4.99 Å². The van der Waals surface area contributed by atoms with E-state index in [0.717, 1.165) is 75.0 Å². The standard InChI is InChI=1S/C22H34N6O2S.HI/c1-3-23-22(25-16-14-18-10-12-19(13-11-18)31(2,29)30)24-15-7-9-21-27-26-20-8-5-4-6-17-28(20)21;/h10-13H,3-9,14-17H2,1-2H3,(H2,23,24,25);1H. The number of sulfone groups is 1. The number of nitrogens with zero attached hydrogens (tertiary/aromatic N) is 4. The Morgan fingerprint density at radius 3 is 2.59 bits per heavy atom. The molecule has 32 heavy (non-hydrogen) atoms. The van der Waals surface area contributed by atoms with Crippen molar-refractivity contribution in [1.82, 2.24) is 25.4 Å². The fourth-order valence-electron chi connectivity index (χ4n) is 3.73. The molecule has 3 rings (SSSR count). The van der Waals surface area contributed by atoms with E-state index in [-0.39, 0.29) is 24.0 Å². The fourth-order valence-corrected chi connectivity index (χ4v) is 4.36. The average Bonchev–Trinajstić information content (AvgIpc) is 2.97. The molecule has 1 aromatic heterocycles. The molecule has 0 amide bonds. The zero-order chi connectivity index (χ0) is 22.1. The third-order valence-corrected chi connectivity index (χ3v) is 6.54. The third-order valence-electron chi connectivity index (χ3n) is 5.42. The predicted molar refractivity (Wildman–Crippen MR) is 139 cm³/mol. The Labute approximate surface area is 208 Å². The summed E-state index contributed by atoms with van der Waals surface area (Å²) in [5.74, 6) is 3.02. The molecule has 0 bridgehead atoms. The number of halogens is 1. The molecule has 2 aromatic rings. The molecule has 0 saturated heterocycles. The van der Waals surface area contributed by atoms with Crippen LogP contribution in [0, 0.1) is 0 Å². The second kappa shape index (κ2) is 13.1. The monoisotopic (exact) mass is 574 g/mol. The molecule has 0 saturated carbocycles. The van der Waals surface area contributed by atoms with Crippen LogP contribution in [0.1, 0.15) is 49.8 Å². The molecule has 1 aromatic carbocycles. The van der Waals surface area contributed by atoms with Crippen LogP contribution in [0.15, 0.2) is 34.2 Å². The van der Waals surface area contributed by atoms with E-state index < -0.39 is 9.84 Å². The molecule has 1 aliphatic heterocycles. The topological polar surface area (TPSA) is 101 Å². The van der Waals surface area contributed by atoms with Gasteiger partial charge in [-0.2, -0.15) is 0 Å². The molecule has 0 aliphatic carbocycles. The number of aromatic nitrogens is 3. The highest BCUT2D eigenvalue weighted by atomic mass is 127. The van der Waals surface area contributed by atoms with Crippen LogP contribution in [0.4, 0.5) is 0 Å². The lowest BCUT2D eigenvalue weighted by molar-refractivity contribution is 0.597. The number of guanidine groups is 1. The summed E-state index contributed by atoms with van der Waals surface area (Å²) < 4.78 is 25.4. The predicted octanol–water partition coefficient (Wildman–Crippen LogP) is 2.76. The van der Waals surface area contributed by atoms with Gasteiger partial charge in [0.25, 0.3) is 0 Å². The summed E-state index contributed by atoms with van der Waals surface area (Å²) in [5, 5.41) is 15.4. The normalized spacial score (nSPS) is 14.2. The maximum absolute atomic E-state index is 11.6. The summed E-state index contributed by atoms with van der Waals surface area (Å²) in [4.78, 5) is 5.03. The Balaban J connectivity index is 0.00000363. The van der Waals surface area contributed by atoms with Crippen LogP contribution in [-0.4, -0.2) is 55.0 Å². The van der Waals surface area contributed by atoms with Gasteiger partial charge >= 0.3 is 0 Å². The Kier molecular flexibility index (Phi) is 10.9. The van der Waals surface area contributed by atoms with Gasteiger partial charge in [-0.15, -0.1) is 34.2 Å². The summed E-state index contributed by atoms with van der Waals surface area (Å²) in [6.45, 7) is 5.33. The zero-order valence-electron chi connectivity index (χ0n) is 19.0. The quantitative estimate of drug-likeness (QED) is 0.207. The van der Waals surface area contributed by atoms with Crippen molar-refractivity contribution in [3.05, 3.63) is 41.5 Å². The van der Waals surface area contributed by atoms with Crippen molar-refractivity contribution in [1.29, 1.82) is 0 Å². The van der Waals surface area contributed by atoms with Crippen LogP contribution in [0.5, 0.6) is 0 Å². The maximum Gasteiger partial charge on any atom is 0.191 e. The molecule has 8 nitrogen and oxygen atoms in total. The van der Waals surface area contributed by atoms with Crippen molar-refractivity contribution in [2.45, 2.75) is 63.3 Å². The smallest absolute Gasteiger partial charge is 0.191 e. The lowest BCUT2D eigenvalue weighted by atomic mass is 10.1. The Bertz CT molecular complexity index is 973. The fraction of sp³-hybridized carbons (Fsp3) is 0.591. The van der Waals surface area contributed by atoms with Crippen molar-refractivity contribution in [3.8, 4) is 0 Å². The first-order valence-corrected chi connectivity index (χ1v) is 13.1. The molecule has 2 heterocycles. The average molecular weight is 575 g/mol. The van der Waals surface area contributed by atoms with Crippen LogP contribution in [0.2, 0.25) is 0 Å². The largest absolute Gasteiger partial charge is 0.357 e. The summed E-state index contributed by atoms with van der Waals surface area (Å²) in [7, 11) is -3.15. The second-order valence-electron chi connectivity index (χ2n) is 7.95. The summed E-state index contributed by atoms with van der Waals surface area (Å²) >= 11 is 0. The second-order valence-corrected chi connectivity index (χ2v) is 9.97. The highest BCUT2D eigenvalue weighted by molar-refractivity contribution is 14.0. The van der Waals surface area contributed by atoms with E-state index in [0.29, 0.717) is 4.90 Å². The number of aryl methyl sites for hydroxylation is 2. The van der Waals surface area contributed by atoms with Gasteiger partial charge in [0.05, 0.1) is 4.90 Å². The Hall–Kier alpha value is -1.69. The zero-order valence-corrected chi connectivity index (χ0v) is 22.2. The molecule has 0 unspecified atom stereocenters. The van der Waals surface area contributed by atoms with Crippen molar-refractivity contribution in [2.75, 3.05) is 25.9 Å². The molecule has 178 valence electrons. The van der Waals surface area contributed by atoms with E-state index >= 15 is 0 Å².